The molecular formula is C26H34N4O2. The number of carboxylic acid groups (broad SMARTS) is 1. The van der Waals surface area contributed by atoms with E-state index in [-0.39, 0.29) is 5.56 Å². The fraction of sp³-hybridized carbons (Fsp3) is 0.462. The van der Waals surface area contributed by atoms with Gasteiger partial charge in [0, 0.05) is 37.9 Å². The van der Waals surface area contributed by atoms with Gasteiger partial charge in [-0.1, -0.05) is 55.2 Å². The van der Waals surface area contributed by atoms with Crippen LogP contribution in [0.1, 0.15) is 53.6 Å². The molecule has 32 heavy (non-hydrogen) atoms. The monoisotopic (exact) mass is 434 g/mol. The van der Waals surface area contributed by atoms with Gasteiger partial charge in [0.1, 0.15) is 0 Å². The summed E-state index contributed by atoms with van der Waals surface area (Å²) in [4.78, 5) is 21.3. The second-order valence-corrected chi connectivity index (χ2v) is 8.95. The van der Waals surface area contributed by atoms with Crippen molar-refractivity contribution < 1.29 is 9.90 Å². The lowest BCUT2D eigenvalue weighted by atomic mass is 9.94. The zero-order valence-corrected chi connectivity index (χ0v) is 19.0. The molecule has 1 aliphatic heterocycles. The van der Waals surface area contributed by atoms with Crippen molar-refractivity contribution in [1.82, 2.24) is 9.80 Å². The standard InChI is InChI=1S/C26H34N4O2/c1-20-10-12-21(13-11-20)19-27-26(28-23-7-5-6-22(18-23)25(31)32)30-16-14-29(15-17-30)24-8-3-2-4-9-24/h5-7,10-13,18,24H,2-4,8-9,14-17,19H2,1H3,(H,27,28)(H,31,32). The molecule has 0 radical (unpaired) electrons. The Hall–Kier alpha value is -2.86. The Morgan fingerprint density at radius 3 is 2.44 bits per heavy atom. The number of hydrogen-bond donors (Lipinski definition) is 2. The van der Waals surface area contributed by atoms with Crippen LogP contribution in [-0.4, -0.2) is 59.1 Å². The molecule has 1 saturated heterocycles. The Kier molecular flexibility index (Phi) is 7.43. The smallest absolute Gasteiger partial charge is 0.335 e. The summed E-state index contributed by atoms with van der Waals surface area (Å²) in [6.45, 7) is 6.62. The van der Waals surface area contributed by atoms with E-state index >= 15 is 0 Å². The van der Waals surface area contributed by atoms with Crippen LogP contribution in [0.3, 0.4) is 0 Å². The van der Waals surface area contributed by atoms with Gasteiger partial charge in [-0.3, -0.25) is 4.90 Å². The van der Waals surface area contributed by atoms with Crippen LogP contribution in [0.5, 0.6) is 0 Å². The van der Waals surface area contributed by atoms with Gasteiger partial charge in [-0.25, -0.2) is 9.79 Å². The average molecular weight is 435 g/mol. The van der Waals surface area contributed by atoms with Gasteiger partial charge < -0.3 is 15.3 Å². The van der Waals surface area contributed by atoms with E-state index in [9.17, 15) is 9.90 Å². The minimum absolute atomic E-state index is 0.273. The van der Waals surface area contributed by atoms with E-state index in [4.69, 9.17) is 4.99 Å². The average Bonchev–Trinajstić information content (AvgIpc) is 2.83. The summed E-state index contributed by atoms with van der Waals surface area (Å²) < 4.78 is 0. The van der Waals surface area contributed by atoms with Crippen molar-refractivity contribution in [2.45, 2.75) is 51.6 Å². The van der Waals surface area contributed by atoms with Gasteiger partial charge >= 0.3 is 5.97 Å². The summed E-state index contributed by atoms with van der Waals surface area (Å²) in [7, 11) is 0. The third-order valence-electron chi connectivity index (χ3n) is 6.60. The van der Waals surface area contributed by atoms with E-state index in [0.29, 0.717) is 6.54 Å². The Labute approximate surface area is 191 Å². The van der Waals surface area contributed by atoms with E-state index in [1.54, 1.807) is 18.2 Å². The van der Waals surface area contributed by atoms with Gasteiger partial charge in [0.2, 0.25) is 0 Å². The Morgan fingerprint density at radius 1 is 1.03 bits per heavy atom. The molecule has 0 bridgehead atoms. The molecule has 0 amide bonds. The number of rotatable bonds is 5. The quantitative estimate of drug-likeness (QED) is 0.531. The van der Waals surface area contributed by atoms with Crippen LogP contribution < -0.4 is 5.32 Å². The lowest BCUT2D eigenvalue weighted by molar-refractivity contribution is 0.0697. The molecule has 1 aliphatic carbocycles. The lowest BCUT2D eigenvalue weighted by Crippen LogP contribution is -2.53. The fourth-order valence-corrected chi connectivity index (χ4v) is 4.68. The first-order chi connectivity index (χ1) is 15.6. The molecular weight excluding hydrogens is 400 g/mol. The molecule has 0 spiro atoms. The maximum atomic E-state index is 11.4. The highest BCUT2D eigenvalue weighted by atomic mass is 16.4. The van der Waals surface area contributed by atoms with Crippen LogP contribution in [0.2, 0.25) is 0 Å². The lowest BCUT2D eigenvalue weighted by Gasteiger charge is -2.41. The summed E-state index contributed by atoms with van der Waals surface area (Å²) in [6, 6.07) is 16.1. The molecule has 6 heteroatoms. The number of guanidine groups is 1. The van der Waals surface area contributed by atoms with Gasteiger partial charge in [-0.2, -0.15) is 0 Å². The summed E-state index contributed by atoms with van der Waals surface area (Å²) in [5.41, 5.74) is 3.42. The van der Waals surface area contributed by atoms with E-state index in [1.165, 1.54) is 37.7 Å². The van der Waals surface area contributed by atoms with Crippen LogP contribution in [0.15, 0.2) is 53.5 Å². The van der Waals surface area contributed by atoms with Gasteiger partial charge in [-0.05, 0) is 43.5 Å². The molecule has 6 nitrogen and oxygen atoms in total. The molecule has 2 aliphatic rings. The molecule has 0 unspecified atom stereocenters. The largest absolute Gasteiger partial charge is 0.478 e. The number of anilines is 1. The molecule has 0 atom stereocenters. The summed E-state index contributed by atoms with van der Waals surface area (Å²) >= 11 is 0. The van der Waals surface area contributed by atoms with Crippen molar-refractivity contribution in [2.24, 2.45) is 4.99 Å². The second-order valence-electron chi connectivity index (χ2n) is 8.95. The van der Waals surface area contributed by atoms with Crippen LogP contribution >= 0.6 is 0 Å². The molecule has 1 heterocycles. The van der Waals surface area contributed by atoms with Crippen LogP contribution in [0.4, 0.5) is 5.69 Å². The number of nitrogens with zero attached hydrogens (tertiary/aromatic N) is 3. The number of piperazine rings is 1. The number of benzene rings is 2. The highest BCUT2D eigenvalue weighted by Crippen LogP contribution is 2.24. The van der Waals surface area contributed by atoms with E-state index < -0.39 is 5.97 Å². The summed E-state index contributed by atoms with van der Waals surface area (Å²) in [6.07, 6.45) is 6.75. The molecule has 2 N–H and O–H groups in total. The van der Waals surface area contributed by atoms with Crippen LogP contribution in [-0.2, 0) is 6.54 Å². The zero-order chi connectivity index (χ0) is 22.3. The molecule has 2 aromatic carbocycles. The van der Waals surface area contributed by atoms with Crippen molar-refractivity contribution >= 4 is 17.6 Å². The Bertz CT molecular complexity index is 927. The van der Waals surface area contributed by atoms with Gasteiger partial charge in [0.15, 0.2) is 5.96 Å². The Morgan fingerprint density at radius 2 is 1.75 bits per heavy atom. The predicted molar refractivity (Wildman–Crippen MR) is 129 cm³/mol. The Balaban J connectivity index is 1.48. The predicted octanol–water partition coefficient (Wildman–Crippen LogP) is 4.61. The first-order valence-corrected chi connectivity index (χ1v) is 11.8. The number of carbonyl (C=O) groups is 1. The number of aliphatic imine (C=N–C) groups is 1. The van der Waals surface area contributed by atoms with Gasteiger partial charge in [0.05, 0.1) is 12.1 Å². The maximum Gasteiger partial charge on any atom is 0.335 e. The maximum absolute atomic E-state index is 11.4. The topological polar surface area (TPSA) is 68.2 Å². The van der Waals surface area contributed by atoms with Gasteiger partial charge in [0.25, 0.3) is 0 Å². The number of nitrogens with one attached hydrogen (secondary N) is 1. The molecule has 0 aromatic heterocycles. The van der Waals surface area contributed by atoms with Crippen LogP contribution in [0, 0.1) is 6.92 Å². The SMILES string of the molecule is Cc1ccc(CN=C(Nc2cccc(C(=O)O)c2)N2CCN(C3CCCCC3)CC2)cc1. The number of hydrogen-bond acceptors (Lipinski definition) is 3. The second kappa shape index (κ2) is 10.6. The van der Waals surface area contributed by atoms with Crippen LogP contribution in [0.25, 0.3) is 0 Å². The van der Waals surface area contributed by atoms with Crippen molar-refractivity contribution in [3.63, 3.8) is 0 Å². The minimum atomic E-state index is -0.923. The third-order valence-corrected chi connectivity index (χ3v) is 6.60. The first-order valence-electron chi connectivity index (χ1n) is 11.8. The van der Waals surface area contributed by atoms with Crippen molar-refractivity contribution in [1.29, 1.82) is 0 Å². The van der Waals surface area contributed by atoms with E-state index in [2.05, 4.69) is 46.3 Å². The van der Waals surface area contributed by atoms with Crippen molar-refractivity contribution in [2.75, 3.05) is 31.5 Å². The summed E-state index contributed by atoms with van der Waals surface area (Å²) in [5.74, 6) is -0.107. The summed E-state index contributed by atoms with van der Waals surface area (Å²) in [5, 5.41) is 12.8. The third kappa shape index (κ3) is 5.88. The van der Waals surface area contributed by atoms with Crippen molar-refractivity contribution in [3.8, 4) is 0 Å². The zero-order valence-electron chi connectivity index (χ0n) is 19.0. The fourth-order valence-electron chi connectivity index (χ4n) is 4.68. The molecule has 4 rings (SSSR count). The van der Waals surface area contributed by atoms with E-state index in [0.717, 1.165) is 49.4 Å². The van der Waals surface area contributed by atoms with E-state index in [1.807, 2.05) is 6.07 Å². The highest BCUT2D eigenvalue weighted by Gasteiger charge is 2.26. The molecule has 1 saturated carbocycles. The molecule has 2 fully saturated rings. The highest BCUT2D eigenvalue weighted by molar-refractivity contribution is 5.95. The number of aromatic carboxylic acids is 1. The normalized spacial score (nSPS) is 18.5. The van der Waals surface area contributed by atoms with Crippen molar-refractivity contribution in [3.05, 3.63) is 65.2 Å². The minimum Gasteiger partial charge on any atom is -0.478 e. The number of carboxylic acids is 1. The number of aryl methyl sites for hydroxylation is 1. The van der Waals surface area contributed by atoms with Gasteiger partial charge in [-0.15, -0.1) is 0 Å². The first kappa shape index (κ1) is 22.3. The molecule has 170 valence electrons. The molecule has 2 aromatic rings.